The van der Waals surface area contributed by atoms with Crippen LogP contribution in [-0.2, 0) is 5.41 Å². The Morgan fingerprint density at radius 3 is 2.47 bits per heavy atom. The Morgan fingerprint density at radius 2 is 1.87 bits per heavy atom. The first kappa shape index (κ1) is 19.5. The third-order valence-corrected chi connectivity index (χ3v) is 4.51. The molecule has 0 saturated carbocycles. The molecule has 0 aliphatic heterocycles. The molecule has 0 saturated heterocycles. The molecule has 8 nitrogen and oxygen atoms in total. The second kappa shape index (κ2) is 7.55. The summed E-state index contributed by atoms with van der Waals surface area (Å²) in [5.41, 5.74) is 1.93. The smallest absolute Gasteiger partial charge is 0.257 e. The predicted octanol–water partition coefficient (Wildman–Crippen LogP) is 4.18. The number of anilines is 1. The average Bonchev–Trinajstić information content (AvgIpc) is 3.35. The zero-order valence-corrected chi connectivity index (χ0v) is 17.2. The first-order chi connectivity index (χ1) is 14.3. The Hall–Kier alpha value is -3.81. The standard InChI is InChI=1S/C22H22N6O2/c1-14-24-21(30-27-14)16-10-8-15(9-11-16)20(29)25-19-13-17(22(2,3)4)26-28(19)18-7-5-6-12-23-18/h5-13H,1-4H3,(H,25,29). The molecule has 0 aliphatic rings. The first-order valence-electron chi connectivity index (χ1n) is 9.55. The van der Waals surface area contributed by atoms with E-state index in [9.17, 15) is 4.79 Å². The lowest BCUT2D eigenvalue weighted by molar-refractivity contribution is 0.102. The molecule has 3 heterocycles. The Labute approximate surface area is 174 Å². The number of pyridine rings is 1. The molecule has 30 heavy (non-hydrogen) atoms. The lowest BCUT2D eigenvalue weighted by Gasteiger charge is -2.13. The van der Waals surface area contributed by atoms with Crippen molar-refractivity contribution >= 4 is 11.7 Å². The van der Waals surface area contributed by atoms with Crippen molar-refractivity contribution in [2.75, 3.05) is 5.32 Å². The van der Waals surface area contributed by atoms with Gasteiger partial charge in [-0.1, -0.05) is 32.0 Å². The maximum absolute atomic E-state index is 12.9. The lowest BCUT2D eigenvalue weighted by atomic mass is 9.92. The number of hydrogen-bond donors (Lipinski definition) is 1. The molecule has 0 bridgehead atoms. The van der Waals surface area contributed by atoms with E-state index in [0.29, 0.717) is 28.9 Å². The lowest BCUT2D eigenvalue weighted by Crippen LogP contribution is -2.15. The monoisotopic (exact) mass is 402 g/mol. The molecule has 0 unspecified atom stereocenters. The minimum atomic E-state index is -0.249. The van der Waals surface area contributed by atoms with Crippen LogP contribution >= 0.6 is 0 Å². The van der Waals surface area contributed by atoms with Gasteiger partial charge in [0, 0.05) is 28.8 Å². The fourth-order valence-electron chi connectivity index (χ4n) is 2.86. The molecule has 1 amide bonds. The summed E-state index contributed by atoms with van der Waals surface area (Å²) >= 11 is 0. The summed E-state index contributed by atoms with van der Waals surface area (Å²) in [6, 6.07) is 14.4. The fraction of sp³-hybridized carbons (Fsp3) is 0.227. The zero-order valence-electron chi connectivity index (χ0n) is 17.2. The molecule has 1 aromatic carbocycles. The van der Waals surface area contributed by atoms with Gasteiger partial charge in [-0.2, -0.15) is 14.8 Å². The molecule has 0 aliphatic carbocycles. The van der Waals surface area contributed by atoms with Crippen molar-refractivity contribution in [2.24, 2.45) is 0 Å². The van der Waals surface area contributed by atoms with Crippen LogP contribution in [0.25, 0.3) is 17.3 Å². The minimum absolute atomic E-state index is 0.177. The van der Waals surface area contributed by atoms with Crippen molar-refractivity contribution in [2.45, 2.75) is 33.1 Å². The highest BCUT2D eigenvalue weighted by molar-refractivity contribution is 6.04. The molecule has 0 spiro atoms. The number of nitrogens with zero attached hydrogens (tertiary/aromatic N) is 5. The van der Waals surface area contributed by atoms with Crippen LogP contribution in [-0.4, -0.2) is 30.8 Å². The number of carbonyl (C=O) groups is 1. The first-order valence-corrected chi connectivity index (χ1v) is 9.55. The van der Waals surface area contributed by atoms with Gasteiger partial charge in [-0.05, 0) is 43.3 Å². The van der Waals surface area contributed by atoms with Crippen LogP contribution in [0.2, 0.25) is 0 Å². The molecule has 1 N–H and O–H groups in total. The average molecular weight is 402 g/mol. The molecular weight excluding hydrogens is 380 g/mol. The van der Waals surface area contributed by atoms with E-state index in [1.165, 1.54) is 0 Å². The van der Waals surface area contributed by atoms with Crippen LogP contribution in [0, 0.1) is 6.92 Å². The van der Waals surface area contributed by atoms with Crippen LogP contribution in [0.4, 0.5) is 5.82 Å². The molecule has 0 fully saturated rings. The van der Waals surface area contributed by atoms with Crippen LogP contribution in [0.3, 0.4) is 0 Å². The summed E-state index contributed by atoms with van der Waals surface area (Å²) in [7, 11) is 0. The second-order valence-electron chi connectivity index (χ2n) is 7.94. The highest BCUT2D eigenvalue weighted by atomic mass is 16.5. The van der Waals surface area contributed by atoms with Crippen LogP contribution in [0.15, 0.2) is 59.3 Å². The normalized spacial score (nSPS) is 11.5. The van der Waals surface area contributed by atoms with E-state index in [-0.39, 0.29) is 11.3 Å². The molecule has 152 valence electrons. The van der Waals surface area contributed by atoms with E-state index in [4.69, 9.17) is 4.52 Å². The molecule has 4 rings (SSSR count). The summed E-state index contributed by atoms with van der Waals surface area (Å²) in [6.07, 6.45) is 1.69. The van der Waals surface area contributed by atoms with Crippen molar-refractivity contribution in [1.29, 1.82) is 0 Å². The maximum atomic E-state index is 12.9. The summed E-state index contributed by atoms with van der Waals surface area (Å²) in [5.74, 6) is 1.92. The number of nitrogens with one attached hydrogen (secondary N) is 1. The van der Waals surface area contributed by atoms with Crippen LogP contribution in [0.1, 0.15) is 42.6 Å². The maximum Gasteiger partial charge on any atom is 0.257 e. The molecule has 0 radical (unpaired) electrons. The van der Waals surface area contributed by atoms with E-state index < -0.39 is 0 Å². The quantitative estimate of drug-likeness (QED) is 0.550. The van der Waals surface area contributed by atoms with Gasteiger partial charge in [-0.15, -0.1) is 0 Å². The van der Waals surface area contributed by atoms with E-state index in [2.05, 4.69) is 46.3 Å². The van der Waals surface area contributed by atoms with Gasteiger partial charge in [0.25, 0.3) is 11.8 Å². The fourth-order valence-corrected chi connectivity index (χ4v) is 2.86. The van der Waals surface area contributed by atoms with Crippen LogP contribution < -0.4 is 5.32 Å². The largest absolute Gasteiger partial charge is 0.334 e. The van der Waals surface area contributed by atoms with Crippen molar-refractivity contribution in [3.05, 3.63) is 71.8 Å². The van der Waals surface area contributed by atoms with E-state index in [1.54, 1.807) is 42.1 Å². The summed E-state index contributed by atoms with van der Waals surface area (Å²) < 4.78 is 6.81. The minimum Gasteiger partial charge on any atom is -0.334 e. The number of hydrogen-bond acceptors (Lipinski definition) is 6. The highest BCUT2D eigenvalue weighted by Gasteiger charge is 2.22. The van der Waals surface area contributed by atoms with Gasteiger partial charge in [-0.25, -0.2) is 4.98 Å². The van der Waals surface area contributed by atoms with E-state index >= 15 is 0 Å². The summed E-state index contributed by atoms with van der Waals surface area (Å²) in [6.45, 7) is 7.97. The predicted molar refractivity (Wildman–Crippen MR) is 112 cm³/mol. The van der Waals surface area contributed by atoms with Gasteiger partial charge >= 0.3 is 0 Å². The molecule has 4 aromatic rings. The van der Waals surface area contributed by atoms with Crippen molar-refractivity contribution in [3.8, 4) is 17.3 Å². The topological polar surface area (TPSA) is 98.7 Å². The number of amides is 1. The third-order valence-electron chi connectivity index (χ3n) is 4.51. The molecule has 8 heteroatoms. The van der Waals surface area contributed by atoms with Gasteiger partial charge < -0.3 is 9.84 Å². The van der Waals surface area contributed by atoms with Gasteiger partial charge in [0.15, 0.2) is 11.6 Å². The highest BCUT2D eigenvalue weighted by Crippen LogP contribution is 2.26. The number of carbonyl (C=O) groups excluding carboxylic acids is 1. The van der Waals surface area contributed by atoms with Gasteiger partial charge in [-0.3, -0.25) is 4.79 Å². The number of aryl methyl sites for hydroxylation is 1. The van der Waals surface area contributed by atoms with Crippen molar-refractivity contribution in [3.63, 3.8) is 0 Å². The van der Waals surface area contributed by atoms with E-state index in [1.807, 2.05) is 24.3 Å². The zero-order chi connectivity index (χ0) is 21.3. The van der Waals surface area contributed by atoms with Gasteiger partial charge in [0.05, 0.1) is 5.69 Å². The Balaban J connectivity index is 1.62. The van der Waals surface area contributed by atoms with E-state index in [0.717, 1.165) is 11.3 Å². The van der Waals surface area contributed by atoms with Crippen LogP contribution in [0.5, 0.6) is 0 Å². The Bertz CT molecular complexity index is 1170. The Morgan fingerprint density at radius 1 is 1.10 bits per heavy atom. The Kier molecular flexibility index (Phi) is 4.91. The van der Waals surface area contributed by atoms with Gasteiger partial charge in [0.2, 0.25) is 0 Å². The van der Waals surface area contributed by atoms with Crippen molar-refractivity contribution in [1.82, 2.24) is 24.9 Å². The summed E-state index contributed by atoms with van der Waals surface area (Å²) in [5, 5.41) is 11.4. The number of benzene rings is 1. The SMILES string of the molecule is Cc1noc(-c2ccc(C(=O)Nc3cc(C(C)(C)C)nn3-c3ccccn3)cc2)n1. The third kappa shape index (κ3) is 3.98. The molecule has 3 aromatic heterocycles. The van der Waals surface area contributed by atoms with Crippen molar-refractivity contribution < 1.29 is 9.32 Å². The van der Waals surface area contributed by atoms with Gasteiger partial charge in [0.1, 0.15) is 5.82 Å². The molecular formula is C22H22N6O2. The number of aromatic nitrogens is 5. The second-order valence-corrected chi connectivity index (χ2v) is 7.94. The molecule has 0 atom stereocenters. The number of rotatable bonds is 4. The summed E-state index contributed by atoms with van der Waals surface area (Å²) in [4.78, 5) is 21.4.